The molecule has 2 fully saturated rings. The van der Waals surface area contributed by atoms with Gasteiger partial charge in [0.1, 0.15) is 0 Å². The molecule has 3 rings (SSSR count). The van der Waals surface area contributed by atoms with Crippen molar-refractivity contribution in [1.82, 2.24) is 9.62 Å². The van der Waals surface area contributed by atoms with Gasteiger partial charge in [-0.15, -0.1) is 0 Å². The molecule has 0 unspecified atom stereocenters. The number of sulfonamides is 1. The first-order valence-electron chi connectivity index (χ1n) is 8.88. The Morgan fingerprint density at radius 3 is 2.46 bits per heavy atom. The zero-order valence-corrected chi connectivity index (χ0v) is 15.5. The molecule has 1 aromatic rings. The zero-order valence-electron chi connectivity index (χ0n) is 14.7. The van der Waals surface area contributed by atoms with Crippen molar-refractivity contribution < 1.29 is 27.5 Å². The largest absolute Gasteiger partial charge is 0.475 e. The Balaban J connectivity index is 1.55. The molecular formula is C17H24N2O6S. The Morgan fingerprint density at radius 1 is 1.31 bits per heavy atom. The molecule has 1 aliphatic heterocycles. The molecule has 144 valence electrons. The lowest BCUT2D eigenvalue weighted by Crippen LogP contribution is -2.43. The summed E-state index contributed by atoms with van der Waals surface area (Å²) >= 11 is 0. The van der Waals surface area contributed by atoms with E-state index in [1.165, 1.54) is 4.31 Å². The molecule has 8 nitrogen and oxygen atoms in total. The molecule has 2 heterocycles. The maximum absolute atomic E-state index is 12.5. The highest BCUT2D eigenvalue weighted by molar-refractivity contribution is 7.89. The number of rotatable bonds is 7. The van der Waals surface area contributed by atoms with Crippen LogP contribution in [-0.2, 0) is 14.8 Å². The third kappa shape index (κ3) is 3.78. The molecule has 0 radical (unpaired) electrons. The fraction of sp³-hybridized carbons (Fsp3) is 0.647. The summed E-state index contributed by atoms with van der Waals surface area (Å²) < 4.78 is 31.3. The predicted octanol–water partition coefficient (Wildman–Crippen LogP) is 1.68. The Morgan fingerprint density at radius 2 is 1.96 bits per heavy atom. The van der Waals surface area contributed by atoms with Crippen molar-refractivity contribution in [3.05, 3.63) is 17.9 Å². The third-order valence-electron chi connectivity index (χ3n) is 5.56. The first-order chi connectivity index (χ1) is 12.3. The van der Waals surface area contributed by atoms with Crippen LogP contribution in [-0.4, -0.2) is 49.3 Å². The van der Waals surface area contributed by atoms with E-state index in [-0.39, 0.29) is 35.4 Å². The van der Waals surface area contributed by atoms with Crippen LogP contribution in [0.15, 0.2) is 21.6 Å². The maximum Gasteiger partial charge on any atom is 0.371 e. The lowest BCUT2D eigenvalue weighted by atomic mass is 9.96. The number of hydrogen-bond acceptors (Lipinski definition) is 5. The van der Waals surface area contributed by atoms with Gasteiger partial charge in [-0.25, -0.2) is 13.2 Å². The molecular weight excluding hydrogens is 360 g/mol. The van der Waals surface area contributed by atoms with E-state index in [2.05, 4.69) is 12.2 Å². The van der Waals surface area contributed by atoms with Gasteiger partial charge in [-0.3, -0.25) is 4.79 Å². The molecule has 0 bridgehead atoms. The topological polar surface area (TPSA) is 117 Å². The van der Waals surface area contributed by atoms with Gasteiger partial charge in [-0.1, -0.05) is 6.92 Å². The first-order valence-corrected chi connectivity index (χ1v) is 10.3. The van der Waals surface area contributed by atoms with Crippen molar-refractivity contribution in [2.24, 2.45) is 11.3 Å². The van der Waals surface area contributed by atoms with E-state index >= 15 is 0 Å². The summed E-state index contributed by atoms with van der Waals surface area (Å²) in [7, 11) is -3.88. The highest BCUT2D eigenvalue weighted by atomic mass is 32.2. The molecule has 0 aromatic carbocycles. The van der Waals surface area contributed by atoms with Crippen LogP contribution >= 0.6 is 0 Å². The van der Waals surface area contributed by atoms with E-state index in [4.69, 9.17) is 9.52 Å². The lowest BCUT2D eigenvalue weighted by molar-refractivity contribution is -0.126. The summed E-state index contributed by atoms with van der Waals surface area (Å²) in [5.41, 5.74) is 0.279. The minimum Gasteiger partial charge on any atom is -0.475 e. The third-order valence-corrected chi connectivity index (χ3v) is 7.33. The number of nitrogens with one attached hydrogen (secondary N) is 1. The van der Waals surface area contributed by atoms with Crippen molar-refractivity contribution >= 4 is 21.9 Å². The molecule has 1 saturated heterocycles. The number of hydrogen-bond donors (Lipinski definition) is 2. The fourth-order valence-electron chi connectivity index (χ4n) is 3.31. The first kappa shape index (κ1) is 18.9. The van der Waals surface area contributed by atoms with Crippen LogP contribution in [0.1, 0.15) is 49.6 Å². The monoisotopic (exact) mass is 384 g/mol. The smallest absolute Gasteiger partial charge is 0.371 e. The Kier molecular flexibility index (Phi) is 5.12. The number of piperidine rings is 1. The quantitative estimate of drug-likeness (QED) is 0.739. The van der Waals surface area contributed by atoms with Gasteiger partial charge in [0.25, 0.3) is 10.0 Å². The van der Waals surface area contributed by atoms with Crippen LogP contribution in [0.25, 0.3) is 0 Å². The Labute approximate surface area is 152 Å². The molecule has 1 amide bonds. The van der Waals surface area contributed by atoms with Crippen molar-refractivity contribution in [2.75, 3.05) is 19.6 Å². The average Bonchev–Trinajstić information content (AvgIpc) is 3.23. The van der Waals surface area contributed by atoms with Gasteiger partial charge in [0.2, 0.25) is 16.8 Å². The van der Waals surface area contributed by atoms with Gasteiger partial charge in [0.15, 0.2) is 0 Å². The van der Waals surface area contributed by atoms with Gasteiger partial charge in [-0.2, -0.15) is 4.31 Å². The van der Waals surface area contributed by atoms with E-state index in [0.717, 1.165) is 31.4 Å². The van der Waals surface area contributed by atoms with Gasteiger partial charge >= 0.3 is 5.97 Å². The van der Waals surface area contributed by atoms with E-state index in [9.17, 15) is 18.0 Å². The van der Waals surface area contributed by atoms with Crippen LogP contribution in [0.5, 0.6) is 0 Å². The highest BCUT2D eigenvalue weighted by Crippen LogP contribution is 2.47. The van der Waals surface area contributed by atoms with Crippen molar-refractivity contribution in [3.63, 3.8) is 0 Å². The number of carbonyl (C=O) groups excluding carboxylic acids is 1. The minimum atomic E-state index is -3.88. The van der Waals surface area contributed by atoms with E-state index < -0.39 is 21.8 Å². The summed E-state index contributed by atoms with van der Waals surface area (Å²) in [5.74, 6) is -1.93. The van der Waals surface area contributed by atoms with Gasteiger partial charge in [0, 0.05) is 25.6 Å². The van der Waals surface area contributed by atoms with Crippen LogP contribution in [0.4, 0.5) is 0 Å². The standard InChI is InChI=1S/C17H24N2O6S/c1-2-17(7-8-17)11-18-15(20)12-5-9-19(10-6-12)26(23,24)14-4-3-13(25-14)16(21)22/h3-4,12H,2,5-11H2,1H3,(H,18,20)(H,21,22). The van der Waals surface area contributed by atoms with E-state index in [0.29, 0.717) is 19.4 Å². The lowest BCUT2D eigenvalue weighted by Gasteiger charge is -2.30. The van der Waals surface area contributed by atoms with Crippen LogP contribution < -0.4 is 5.32 Å². The number of amides is 1. The molecule has 1 saturated carbocycles. The minimum absolute atomic E-state index is 0.00654. The normalized spacial score (nSPS) is 20.7. The number of aromatic carboxylic acids is 1. The number of carboxylic acids is 1. The van der Waals surface area contributed by atoms with Gasteiger partial charge < -0.3 is 14.8 Å². The number of carbonyl (C=O) groups is 2. The Bertz CT molecular complexity index is 788. The second-order valence-electron chi connectivity index (χ2n) is 7.17. The van der Waals surface area contributed by atoms with Crippen molar-refractivity contribution in [3.8, 4) is 0 Å². The molecule has 0 atom stereocenters. The van der Waals surface area contributed by atoms with Crippen LogP contribution in [0.2, 0.25) is 0 Å². The van der Waals surface area contributed by atoms with Crippen molar-refractivity contribution in [2.45, 2.75) is 44.1 Å². The molecule has 2 N–H and O–H groups in total. The molecule has 0 spiro atoms. The van der Waals surface area contributed by atoms with Gasteiger partial charge in [-0.05, 0) is 49.7 Å². The van der Waals surface area contributed by atoms with Crippen molar-refractivity contribution in [1.29, 1.82) is 0 Å². The number of nitrogens with zero attached hydrogens (tertiary/aromatic N) is 1. The van der Waals surface area contributed by atoms with Crippen LogP contribution in [0.3, 0.4) is 0 Å². The molecule has 1 aromatic heterocycles. The molecule has 9 heteroatoms. The average molecular weight is 384 g/mol. The number of furan rings is 1. The molecule has 1 aliphatic carbocycles. The second-order valence-corrected chi connectivity index (χ2v) is 9.04. The molecule has 2 aliphatic rings. The second kappa shape index (κ2) is 7.03. The summed E-state index contributed by atoms with van der Waals surface area (Å²) in [4.78, 5) is 23.2. The summed E-state index contributed by atoms with van der Waals surface area (Å²) in [6.07, 6.45) is 4.25. The summed E-state index contributed by atoms with van der Waals surface area (Å²) in [5, 5.41) is 11.5. The molecule has 26 heavy (non-hydrogen) atoms. The predicted molar refractivity (Wildman–Crippen MR) is 92.1 cm³/mol. The van der Waals surface area contributed by atoms with Gasteiger partial charge in [0.05, 0.1) is 0 Å². The van der Waals surface area contributed by atoms with E-state index in [1.807, 2.05) is 0 Å². The number of carboxylic acid groups (broad SMARTS) is 1. The zero-order chi connectivity index (χ0) is 18.9. The summed E-state index contributed by atoms with van der Waals surface area (Å²) in [6, 6.07) is 2.27. The fourth-order valence-corrected chi connectivity index (χ4v) is 4.69. The van der Waals surface area contributed by atoms with Crippen LogP contribution in [0, 0.1) is 11.3 Å². The highest BCUT2D eigenvalue weighted by Gasteiger charge is 2.41. The maximum atomic E-state index is 12.5. The van der Waals surface area contributed by atoms with E-state index in [1.54, 1.807) is 0 Å². The summed E-state index contributed by atoms with van der Waals surface area (Å²) in [6.45, 7) is 3.25. The SMILES string of the molecule is CCC1(CNC(=O)C2CCN(S(=O)(=O)c3ccc(C(=O)O)o3)CC2)CC1. The Hall–Kier alpha value is -1.87.